The number of carbonyl (C=O) groups excluding carboxylic acids is 1. The Morgan fingerprint density at radius 3 is 2.82 bits per heavy atom. The number of hydrogen-bond donors (Lipinski definition) is 1. The average Bonchev–Trinajstić information content (AvgIpc) is 2.72. The Morgan fingerprint density at radius 1 is 1.73 bits per heavy atom. The standard InChI is InChI=1S/C8H15NO2/c1-3-11-8(10)6(2)9-7-4-5-7/h6-7,9H,3-5H2,1-2H3/t6-/m0/s1. The maximum absolute atomic E-state index is 11.0. The Kier molecular flexibility index (Phi) is 2.88. The summed E-state index contributed by atoms with van der Waals surface area (Å²) in [4.78, 5) is 11.0. The summed E-state index contributed by atoms with van der Waals surface area (Å²) in [6.45, 7) is 4.13. The van der Waals surface area contributed by atoms with Gasteiger partial charge in [0.2, 0.25) is 0 Å². The second-order valence-electron chi connectivity index (χ2n) is 2.91. The van der Waals surface area contributed by atoms with E-state index < -0.39 is 0 Å². The van der Waals surface area contributed by atoms with E-state index in [1.807, 2.05) is 13.8 Å². The van der Waals surface area contributed by atoms with Crippen LogP contribution < -0.4 is 5.32 Å². The van der Waals surface area contributed by atoms with Crippen LogP contribution in [0.3, 0.4) is 0 Å². The fraction of sp³-hybridized carbons (Fsp3) is 0.875. The lowest BCUT2D eigenvalue weighted by Gasteiger charge is -2.10. The van der Waals surface area contributed by atoms with Crippen molar-refractivity contribution in [1.82, 2.24) is 5.32 Å². The number of esters is 1. The normalized spacial score (nSPS) is 19.5. The van der Waals surface area contributed by atoms with Crippen LogP contribution in [0.25, 0.3) is 0 Å². The molecule has 3 heteroatoms. The van der Waals surface area contributed by atoms with Crippen LogP contribution in [0.2, 0.25) is 0 Å². The van der Waals surface area contributed by atoms with Crippen LogP contribution in [0.15, 0.2) is 0 Å². The molecule has 0 spiro atoms. The van der Waals surface area contributed by atoms with E-state index in [9.17, 15) is 4.79 Å². The van der Waals surface area contributed by atoms with E-state index in [2.05, 4.69) is 5.32 Å². The predicted molar refractivity (Wildman–Crippen MR) is 42.3 cm³/mol. The molecule has 0 aromatic heterocycles. The molecule has 0 aromatic rings. The van der Waals surface area contributed by atoms with Crippen molar-refractivity contribution in [3.63, 3.8) is 0 Å². The van der Waals surface area contributed by atoms with Gasteiger partial charge < -0.3 is 10.1 Å². The van der Waals surface area contributed by atoms with Crippen molar-refractivity contribution in [1.29, 1.82) is 0 Å². The first kappa shape index (κ1) is 8.53. The predicted octanol–water partition coefficient (Wildman–Crippen LogP) is 0.690. The largest absolute Gasteiger partial charge is 0.465 e. The van der Waals surface area contributed by atoms with Gasteiger partial charge in [-0.15, -0.1) is 0 Å². The van der Waals surface area contributed by atoms with Crippen molar-refractivity contribution in [2.24, 2.45) is 0 Å². The first-order valence-electron chi connectivity index (χ1n) is 4.16. The monoisotopic (exact) mass is 157 g/mol. The van der Waals surface area contributed by atoms with Crippen LogP contribution in [0.1, 0.15) is 26.7 Å². The van der Waals surface area contributed by atoms with E-state index in [1.54, 1.807) is 0 Å². The van der Waals surface area contributed by atoms with E-state index in [4.69, 9.17) is 4.74 Å². The van der Waals surface area contributed by atoms with Crippen LogP contribution in [-0.2, 0) is 9.53 Å². The highest BCUT2D eigenvalue weighted by atomic mass is 16.5. The lowest BCUT2D eigenvalue weighted by atomic mass is 10.3. The zero-order chi connectivity index (χ0) is 8.27. The zero-order valence-electron chi connectivity index (χ0n) is 7.09. The summed E-state index contributed by atoms with van der Waals surface area (Å²) in [5, 5.41) is 3.16. The topological polar surface area (TPSA) is 38.3 Å². The number of rotatable bonds is 4. The average molecular weight is 157 g/mol. The maximum Gasteiger partial charge on any atom is 0.322 e. The third-order valence-corrected chi connectivity index (χ3v) is 1.70. The quantitative estimate of drug-likeness (QED) is 0.610. The highest BCUT2D eigenvalue weighted by molar-refractivity contribution is 5.75. The van der Waals surface area contributed by atoms with Gasteiger partial charge in [-0.1, -0.05) is 0 Å². The van der Waals surface area contributed by atoms with Crippen molar-refractivity contribution in [3.05, 3.63) is 0 Å². The summed E-state index contributed by atoms with van der Waals surface area (Å²) in [7, 11) is 0. The number of hydrogen-bond acceptors (Lipinski definition) is 3. The molecule has 0 bridgehead atoms. The van der Waals surface area contributed by atoms with E-state index in [-0.39, 0.29) is 12.0 Å². The van der Waals surface area contributed by atoms with E-state index in [0.29, 0.717) is 12.6 Å². The van der Waals surface area contributed by atoms with E-state index in [1.165, 1.54) is 12.8 Å². The summed E-state index contributed by atoms with van der Waals surface area (Å²) in [5.41, 5.74) is 0. The SMILES string of the molecule is CCOC(=O)[C@H](C)NC1CC1. The van der Waals surface area contributed by atoms with Crippen LogP contribution in [0, 0.1) is 0 Å². The Labute approximate surface area is 67.1 Å². The number of carbonyl (C=O) groups is 1. The minimum absolute atomic E-state index is 0.137. The van der Waals surface area contributed by atoms with Gasteiger partial charge in [-0.3, -0.25) is 4.79 Å². The molecule has 1 saturated carbocycles. The van der Waals surface area contributed by atoms with Crippen molar-refractivity contribution in [2.75, 3.05) is 6.61 Å². The molecule has 3 nitrogen and oxygen atoms in total. The van der Waals surface area contributed by atoms with Crippen molar-refractivity contribution in [3.8, 4) is 0 Å². The van der Waals surface area contributed by atoms with Crippen LogP contribution in [-0.4, -0.2) is 24.7 Å². The molecule has 0 heterocycles. The number of nitrogens with one attached hydrogen (secondary N) is 1. The van der Waals surface area contributed by atoms with Gasteiger partial charge in [-0.2, -0.15) is 0 Å². The molecule has 0 unspecified atom stereocenters. The molecular weight excluding hydrogens is 142 g/mol. The molecule has 0 aromatic carbocycles. The van der Waals surface area contributed by atoms with Gasteiger partial charge in [-0.25, -0.2) is 0 Å². The van der Waals surface area contributed by atoms with Gasteiger partial charge in [0.15, 0.2) is 0 Å². The van der Waals surface area contributed by atoms with Gasteiger partial charge in [0.05, 0.1) is 6.61 Å². The van der Waals surface area contributed by atoms with Crippen LogP contribution >= 0.6 is 0 Å². The molecular formula is C8H15NO2. The molecule has 1 fully saturated rings. The third-order valence-electron chi connectivity index (χ3n) is 1.70. The van der Waals surface area contributed by atoms with Crippen molar-refractivity contribution < 1.29 is 9.53 Å². The second kappa shape index (κ2) is 3.72. The van der Waals surface area contributed by atoms with E-state index >= 15 is 0 Å². The molecule has 0 aliphatic heterocycles. The van der Waals surface area contributed by atoms with Gasteiger partial charge >= 0.3 is 5.97 Å². The molecule has 1 aliphatic rings. The summed E-state index contributed by atoms with van der Waals surface area (Å²) < 4.78 is 4.83. The minimum Gasteiger partial charge on any atom is -0.465 e. The number of ether oxygens (including phenoxy) is 1. The molecule has 1 rings (SSSR count). The Balaban J connectivity index is 2.15. The smallest absolute Gasteiger partial charge is 0.322 e. The lowest BCUT2D eigenvalue weighted by molar-refractivity contribution is -0.145. The third kappa shape index (κ3) is 2.89. The second-order valence-corrected chi connectivity index (χ2v) is 2.91. The van der Waals surface area contributed by atoms with Gasteiger partial charge in [0, 0.05) is 6.04 Å². The Hall–Kier alpha value is -0.570. The van der Waals surface area contributed by atoms with E-state index in [0.717, 1.165) is 0 Å². The molecule has 11 heavy (non-hydrogen) atoms. The van der Waals surface area contributed by atoms with Crippen LogP contribution in [0.4, 0.5) is 0 Å². The summed E-state index contributed by atoms with van der Waals surface area (Å²) in [6, 6.07) is 0.428. The molecule has 0 saturated heterocycles. The lowest BCUT2D eigenvalue weighted by Crippen LogP contribution is -2.36. The first-order chi connectivity index (χ1) is 5.24. The maximum atomic E-state index is 11.0. The Morgan fingerprint density at radius 2 is 2.36 bits per heavy atom. The minimum atomic E-state index is -0.139. The highest BCUT2D eigenvalue weighted by Crippen LogP contribution is 2.19. The molecule has 1 aliphatic carbocycles. The van der Waals surface area contributed by atoms with Crippen molar-refractivity contribution >= 4 is 5.97 Å². The van der Waals surface area contributed by atoms with Gasteiger partial charge in [0.25, 0.3) is 0 Å². The molecule has 1 N–H and O–H groups in total. The fourth-order valence-corrected chi connectivity index (χ4v) is 0.939. The summed E-state index contributed by atoms with van der Waals surface area (Å²) >= 11 is 0. The van der Waals surface area contributed by atoms with Crippen LogP contribution in [0.5, 0.6) is 0 Å². The highest BCUT2D eigenvalue weighted by Gasteiger charge is 2.25. The zero-order valence-corrected chi connectivity index (χ0v) is 7.09. The molecule has 64 valence electrons. The summed E-state index contributed by atoms with van der Waals surface area (Å²) in [5.74, 6) is -0.139. The van der Waals surface area contributed by atoms with Gasteiger partial charge in [-0.05, 0) is 26.7 Å². The first-order valence-corrected chi connectivity index (χ1v) is 4.16. The fourth-order valence-electron chi connectivity index (χ4n) is 0.939. The van der Waals surface area contributed by atoms with Crippen molar-refractivity contribution in [2.45, 2.75) is 38.8 Å². The molecule has 0 radical (unpaired) electrons. The Bertz CT molecular complexity index is 143. The summed E-state index contributed by atoms with van der Waals surface area (Å²) in [6.07, 6.45) is 2.40. The molecule has 1 atom stereocenters. The molecule has 0 amide bonds. The van der Waals surface area contributed by atoms with Gasteiger partial charge in [0.1, 0.15) is 6.04 Å².